The Morgan fingerprint density at radius 2 is 2.00 bits per heavy atom. The van der Waals surface area contributed by atoms with Gasteiger partial charge in [-0.3, -0.25) is 0 Å². The first-order chi connectivity index (χ1) is 6.33. The van der Waals surface area contributed by atoms with Gasteiger partial charge in [0.05, 0.1) is 6.61 Å². The Balaban J connectivity index is 2.52. The van der Waals surface area contributed by atoms with Crippen LogP contribution in [0.25, 0.3) is 5.03 Å². The summed E-state index contributed by atoms with van der Waals surface area (Å²) < 4.78 is 0. The van der Waals surface area contributed by atoms with Gasteiger partial charge in [-0.2, -0.15) is 0 Å². The van der Waals surface area contributed by atoms with Crippen LogP contribution in [0.3, 0.4) is 0 Å². The molecule has 2 rings (SSSR count). The summed E-state index contributed by atoms with van der Waals surface area (Å²) in [5.74, 6) is 0. The summed E-state index contributed by atoms with van der Waals surface area (Å²) in [5.41, 5.74) is 3.32. The molecule has 0 bridgehead atoms. The normalized spacial score (nSPS) is 15.8. The van der Waals surface area contributed by atoms with Crippen molar-refractivity contribution in [2.75, 3.05) is 6.61 Å². The lowest BCUT2D eigenvalue weighted by molar-refractivity contribution is 0.327. The van der Waals surface area contributed by atoms with E-state index in [1.54, 1.807) is 0 Å². The summed E-state index contributed by atoms with van der Waals surface area (Å²) >= 11 is 6.13. The lowest BCUT2D eigenvalue weighted by Gasteiger charge is -2.17. The van der Waals surface area contributed by atoms with Crippen LogP contribution in [0.5, 0.6) is 0 Å². The molecule has 0 saturated carbocycles. The SMILES string of the molecule is OCC1=C(Cl)c2ccccc2CC1. The van der Waals surface area contributed by atoms with Crippen LogP contribution in [0.4, 0.5) is 0 Å². The fourth-order valence-corrected chi connectivity index (χ4v) is 2.03. The number of halogens is 1. The van der Waals surface area contributed by atoms with Crippen molar-refractivity contribution in [2.45, 2.75) is 12.8 Å². The molecule has 68 valence electrons. The van der Waals surface area contributed by atoms with Gasteiger partial charge in [-0.25, -0.2) is 0 Å². The molecule has 1 N–H and O–H groups in total. The first-order valence-electron chi connectivity index (χ1n) is 4.39. The molecule has 0 aromatic heterocycles. The molecule has 1 aromatic carbocycles. The van der Waals surface area contributed by atoms with Gasteiger partial charge in [0.25, 0.3) is 0 Å². The van der Waals surface area contributed by atoms with Crippen LogP contribution in [-0.2, 0) is 6.42 Å². The van der Waals surface area contributed by atoms with E-state index in [0.29, 0.717) is 0 Å². The van der Waals surface area contributed by atoms with Gasteiger partial charge in [0.1, 0.15) is 0 Å². The summed E-state index contributed by atoms with van der Waals surface area (Å²) in [7, 11) is 0. The molecule has 0 radical (unpaired) electrons. The van der Waals surface area contributed by atoms with Gasteiger partial charge in [0, 0.05) is 5.03 Å². The third-order valence-corrected chi connectivity index (χ3v) is 2.92. The lowest BCUT2D eigenvalue weighted by atomic mass is 9.92. The van der Waals surface area contributed by atoms with Crippen LogP contribution in [0.2, 0.25) is 0 Å². The van der Waals surface area contributed by atoms with E-state index in [1.807, 2.05) is 18.2 Å². The zero-order valence-electron chi connectivity index (χ0n) is 7.26. The minimum atomic E-state index is 0.0766. The maximum absolute atomic E-state index is 9.04. The number of hydrogen-bond acceptors (Lipinski definition) is 1. The van der Waals surface area contributed by atoms with Crippen molar-refractivity contribution in [2.24, 2.45) is 0 Å². The second-order valence-corrected chi connectivity index (χ2v) is 3.61. The molecule has 13 heavy (non-hydrogen) atoms. The van der Waals surface area contributed by atoms with Crippen molar-refractivity contribution in [3.05, 3.63) is 41.0 Å². The molecule has 0 fully saturated rings. The molecule has 1 aliphatic carbocycles. The second kappa shape index (κ2) is 3.52. The van der Waals surface area contributed by atoms with Gasteiger partial charge in [-0.1, -0.05) is 35.9 Å². The summed E-state index contributed by atoms with van der Waals surface area (Å²) in [4.78, 5) is 0. The second-order valence-electron chi connectivity index (χ2n) is 3.23. The largest absolute Gasteiger partial charge is 0.392 e. The van der Waals surface area contributed by atoms with E-state index in [2.05, 4.69) is 6.07 Å². The van der Waals surface area contributed by atoms with Crippen LogP contribution in [0.15, 0.2) is 29.8 Å². The molecule has 0 unspecified atom stereocenters. The van der Waals surface area contributed by atoms with Crippen LogP contribution in [-0.4, -0.2) is 11.7 Å². The molecule has 0 atom stereocenters. The minimum absolute atomic E-state index is 0.0766. The van der Waals surface area contributed by atoms with Crippen molar-refractivity contribution >= 4 is 16.6 Å². The Morgan fingerprint density at radius 1 is 1.23 bits per heavy atom. The predicted molar refractivity (Wildman–Crippen MR) is 54.6 cm³/mol. The van der Waals surface area contributed by atoms with E-state index in [0.717, 1.165) is 29.0 Å². The topological polar surface area (TPSA) is 20.2 Å². The molecule has 1 nitrogen and oxygen atoms in total. The Kier molecular flexibility index (Phi) is 2.38. The molecule has 0 heterocycles. The van der Waals surface area contributed by atoms with E-state index >= 15 is 0 Å². The van der Waals surface area contributed by atoms with Gasteiger partial charge in [0.15, 0.2) is 0 Å². The molecule has 1 aromatic rings. The molecule has 0 amide bonds. The highest BCUT2D eigenvalue weighted by Crippen LogP contribution is 2.33. The van der Waals surface area contributed by atoms with E-state index in [1.165, 1.54) is 5.56 Å². The van der Waals surface area contributed by atoms with Gasteiger partial charge >= 0.3 is 0 Å². The third-order valence-electron chi connectivity index (χ3n) is 2.45. The number of aryl methyl sites for hydroxylation is 1. The standard InChI is InChI=1S/C11H11ClO/c12-11-9(7-13)6-5-8-3-1-2-4-10(8)11/h1-4,13H,5-7H2. The molecule has 0 aliphatic heterocycles. The van der Waals surface area contributed by atoms with Crippen molar-refractivity contribution in [1.82, 2.24) is 0 Å². The maximum atomic E-state index is 9.04. The third kappa shape index (κ3) is 1.50. The van der Waals surface area contributed by atoms with Gasteiger partial charge in [0.2, 0.25) is 0 Å². The molecule has 2 heteroatoms. The fourth-order valence-electron chi connectivity index (χ4n) is 1.69. The summed E-state index contributed by atoms with van der Waals surface area (Å²) in [6, 6.07) is 8.09. The van der Waals surface area contributed by atoms with Gasteiger partial charge in [-0.05, 0) is 29.5 Å². The van der Waals surface area contributed by atoms with Crippen molar-refractivity contribution in [3.8, 4) is 0 Å². The summed E-state index contributed by atoms with van der Waals surface area (Å²) in [6.45, 7) is 0.0766. The van der Waals surface area contributed by atoms with Crippen LogP contribution >= 0.6 is 11.6 Å². The Labute approximate surface area is 82.7 Å². The number of hydrogen-bond donors (Lipinski definition) is 1. The van der Waals surface area contributed by atoms with E-state index < -0.39 is 0 Å². The first kappa shape index (κ1) is 8.79. The maximum Gasteiger partial charge on any atom is 0.0659 e. The van der Waals surface area contributed by atoms with Crippen molar-refractivity contribution in [1.29, 1.82) is 0 Å². The Hall–Kier alpha value is -0.790. The van der Waals surface area contributed by atoms with E-state index in [4.69, 9.17) is 16.7 Å². The number of aliphatic hydroxyl groups is 1. The zero-order chi connectivity index (χ0) is 9.26. The lowest BCUT2D eigenvalue weighted by Crippen LogP contribution is -2.04. The Morgan fingerprint density at radius 3 is 2.77 bits per heavy atom. The Bertz CT molecular complexity index is 355. The first-order valence-corrected chi connectivity index (χ1v) is 4.77. The monoisotopic (exact) mass is 194 g/mol. The molecule has 1 aliphatic rings. The number of benzene rings is 1. The molecule has 0 saturated heterocycles. The van der Waals surface area contributed by atoms with E-state index in [-0.39, 0.29) is 6.61 Å². The highest BCUT2D eigenvalue weighted by molar-refractivity contribution is 6.49. The fraction of sp³-hybridized carbons (Fsp3) is 0.273. The van der Waals surface area contributed by atoms with Crippen molar-refractivity contribution in [3.63, 3.8) is 0 Å². The van der Waals surface area contributed by atoms with Gasteiger partial charge < -0.3 is 5.11 Å². The molecule has 0 spiro atoms. The highest BCUT2D eigenvalue weighted by atomic mass is 35.5. The zero-order valence-corrected chi connectivity index (χ0v) is 8.01. The smallest absolute Gasteiger partial charge is 0.0659 e. The average Bonchev–Trinajstić information content (AvgIpc) is 2.19. The van der Waals surface area contributed by atoms with Crippen molar-refractivity contribution < 1.29 is 5.11 Å². The molecular formula is C11H11ClO. The summed E-state index contributed by atoms with van der Waals surface area (Å²) in [5, 5.41) is 9.78. The minimum Gasteiger partial charge on any atom is -0.392 e. The number of aliphatic hydroxyl groups excluding tert-OH is 1. The predicted octanol–water partition coefficient (Wildman–Crippen LogP) is 2.58. The quantitative estimate of drug-likeness (QED) is 0.729. The molecular weight excluding hydrogens is 184 g/mol. The average molecular weight is 195 g/mol. The van der Waals surface area contributed by atoms with Crippen LogP contribution in [0.1, 0.15) is 17.5 Å². The number of rotatable bonds is 1. The van der Waals surface area contributed by atoms with Crippen LogP contribution in [0, 0.1) is 0 Å². The van der Waals surface area contributed by atoms with E-state index in [9.17, 15) is 0 Å². The van der Waals surface area contributed by atoms with Crippen LogP contribution < -0.4 is 0 Å². The van der Waals surface area contributed by atoms with Gasteiger partial charge in [-0.15, -0.1) is 0 Å². The number of fused-ring (bicyclic) bond motifs is 1. The summed E-state index contributed by atoms with van der Waals surface area (Å²) in [6.07, 6.45) is 1.87. The highest BCUT2D eigenvalue weighted by Gasteiger charge is 2.15.